The van der Waals surface area contributed by atoms with E-state index in [4.69, 9.17) is 16.9 Å². The standard InChI is InChI=1S/C22H20ClFN4O2S/c1-2-11-28-21(30)18-9-4-15(23)13-19(18)26-22(28)31-14-20(29)27(12-3-10-25)17-7-5-16(24)6-8-17/h4-9,13H,2-3,11-12,14H2,1H3. The van der Waals surface area contributed by atoms with Gasteiger partial charge in [-0.3, -0.25) is 14.2 Å². The summed E-state index contributed by atoms with van der Waals surface area (Å²) in [5.41, 5.74) is 0.796. The lowest BCUT2D eigenvalue weighted by Gasteiger charge is -2.22. The van der Waals surface area contributed by atoms with Crippen molar-refractivity contribution in [3.05, 3.63) is 63.7 Å². The minimum Gasteiger partial charge on any atom is -0.311 e. The smallest absolute Gasteiger partial charge is 0.262 e. The molecule has 0 fully saturated rings. The van der Waals surface area contributed by atoms with E-state index in [1.807, 2.05) is 13.0 Å². The van der Waals surface area contributed by atoms with E-state index in [1.165, 1.54) is 29.2 Å². The number of carbonyl (C=O) groups is 1. The summed E-state index contributed by atoms with van der Waals surface area (Å²) in [6.07, 6.45) is 0.868. The number of hydrogen-bond acceptors (Lipinski definition) is 5. The maximum absolute atomic E-state index is 13.3. The average Bonchev–Trinajstić information content (AvgIpc) is 2.75. The number of halogens is 2. The Morgan fingerprint density at radius 1 is 1.29 bits per heavy atom. The van der Waals surface area contributed by atoms with E-state index in [-0.39, 0.29) is 30.2 Å². The molecule has 2 aromatic carbocycles. The molecule has 31 heavy (non-hydrogen) atoms. The largest absolute Gasteiger partial charge is 0.311 e. The molecule has 0 saturated carbocycles. The molecule has 0 atom stereocenters. The van der Waals surface area contributed by atoms with E-state index < -0.39 is 5.82 Å². The molecule has 0 spiro atoms. The Hall–Kier alpha value is -2.89. The Bertz CT molecular complexity index is 1190. The van der Waals surface area contributed by atoms with Crippen molar-refractivity contribution in [1.29, 1.82) is 5.26 Å². The van der Waals surface area contributed by atoms with Gasteiger partial charge in [0.2, 0.25) is 5.91 Å². The highest BCUT2D eigenvalue weighted by Crippen LogP contribution is 2.23. The summed E-state index contributed by atoms with van der Waals surface area (Å²) in [5, 5.41) is 10.3. The SMILES string of the molecule is CCCn1c(SCC(=O)N(CCC#N)c2ccc(F)cc2)nc2cc(Cl)ccc2c1=O. The van der Waals surface area contributed by atoms with Gasteiger partial charge in [-0.25, -0.2) is 9.37 Å². The number of amides is 1. The van der Waals surface area contributed by atoms with Gasteiger partial charge in [-0.2, -0.15) is 5.26 Å². The molecule has 0 unspecified atom stereocenters. The first-order valence-corrected chi connectivity index (χ1v) is 11.1. The summed E-state index contributed by atoms with van der Waals surface area (Å²) in [6, 6.07) is 12.5. The van der Waals surface area contributed by atoms with Crippen molar-refractivity contribution in [2.24, 2.45) is 0 Å². The number of nitriles is 1. The average molecular weight is 459 g/mol. The van der Waals surface area contributed by atoms with Crippen LogP contribution in [0.2, 0.25) is 5.02 Å². The number of benzene rings is 2. The zero-order valence-corrected chi connectivity index (χ0v) is 18.4. The summed E-state index contributed by atoms with van der Waals surface area (Å²) in [7, 11) is 0. The highest BCUT2D eigenvalue weighted by molar-refractivity contribution is 7.99. The van der Waals surface area contributed by atoms with Gasteiger partial charge in [-0.05, 0) is 48.9 Å². The van der Waals surface area contributed by atoms with Gasteiger partial charge in [0, 0.05) is 23.8 Å². The minimum absolute atomic E-state index is 0.00499. The van der Waals surface area contributed by atoms with Crippen molar-refractivity contribution < 1.29 is 9.18 Å². The van der Waals surface area contributed by atoms with Gasteiger partial charge in [0.05, 0.1) is 29.1 Å². The Morgan fingerprint density at radius 3 is 2.71 bits per heavy atom. The number of thioether (sulfide) groups is 1. The molecule has 160 valence electrons. The molecular formula is C22H20ClFN4O2S. The van der Waals surface area contributed by atoms with Crippen LogP contribution in [0.4, 0.5) is 10.1 Å². The van der Waals surface area contributed by atoms with Gasteiger partial charge < -0.3 is 4.90 Å². The van der Waals surface area contributed by atoms with E-state index in [1.54, 1.807) is 22.8 Å². The van der Waals surface area contributed by atoms with Crippen molar-refractivity contribution in [3.8, 4) is 6.07 Å². The first kappa shape index (κ1) is 22.8. The third-order valence-corrected chi connectivity index (χ3v) is 5.74. The third-order valence-electron chi connectivity index (χ3n) is 4.54. The van der Waals surface area contributed by atoms with Gasteiger partial charge in [0.15, 0.2) is 5.16 Å². The molecule has 1 amide bonds. The second-order valence-corrected chi connectivity index (χ2v) is 8.11. The number of hydrogen-bond donors (Lipinski definition) is 0. The van der Waals surface area contributed by atoms with Gasteiger partial charge in [-0.15, -0.1) is 0 Å². The molecule has 0 radical (unpaired) electrons. The fraction of sp³-hybridized carbons (Fsp3) is 0.273. The fourth-order valence-electron chi connectivity index (χ4n) is 3.09. The zero-order valence-electron chi connectivity index (χ0n) is 16.8. The number of aromatic nitrogens is 2. The number of nitrogens with zero attached hydrogens (tertiary/aromatic N) is 4. The van der Waals surface area contributed by atoms with Crippen LogP contribution >= 0.6 is 23.4 Å². The molecule has 0 aliphatic rings. The van der Waals surface area contributed by atoms with E-state index in [0.29, 0.717) is 33.3 Å². The first-order valence-electron chi connectivity index (χ1n) is 9.70. The quantitative estimate of drug-likeness (QED) is 0.363. The molecule has 3 aromatic rings. The van der Waals surface area contributed by atoms with Crippen molar-refractivity contribution in [2.45, 2.75) is 31.5 Å². The van der Waals surface area contributed by atoms with Crippen LogP contribution in [-0.4, -0.2) is 27.8 Å². The van der Waals surface area contributed by atoms with Crippen LogP contribution in [0.3, 0.4) is 0 Å². The number of fused-ring (bicyclic) bond motifs is 1. The van der Waals surface area contributed by atoms with Crippen LogP contribution in [0.5, 0.6) is 0 Å². The van der Waals surface area contributed by atoms with Crippen molar-refractivity contribution in [2.75, 3.05) is 17.2 Å². The molecular weight excluding hydrogens is 439 g/mol. The lowest BCUT2D eigenvalue weighted by Crippen LogP contribution is -2.33. The molecule has 0 N–H and O–H groups in total. The van der Waals surface area contributed by atoms with E-state index in [9.17, 15) is 14.0 Å². The van der Waals surface area contributed by atoms with E-state index in [2.05, 4.69) is 4.98 Å². The Morgan fingerprint density at radius 2 is 2.03 bits per heavy atom. The molecule has 0 saturated heterocycles. The van der Waals surface area contributed by atoms with Crippen LogP contribution in [0.1, 0.15) is 19.8 Å². The predicted molar refractivity (Wildman–Crippen MR) is 121 cm³/mol. The number of carbonyl (C=O) groups excluding carboxylic acids is 1. The highest BCUT2D eigenvalue weighted by atomic mass is 35.5. The van der Waals surface area contributed by atoms with Crippen LogP contribution in [-0.2, 0) is 11.3 Å². The predicted octanol–water partition coefficient (Wildman–Crippen LogP) is 4.64. The summed E-state index contributed by atoms with van der Waals surface area (Å²) in [6.45, 7) is 2.61. The van der Waals surface area contributed by atoms with Crippen molar-refractivity contribution in [3.63, 3.8) is 0 Å². The number of anilines is 1. The van der Waals surface area contributed by atoms with Gasteiger partial charge in [-0.1, -0.05) is 30.3 Å². The first-order chi connectivity index (χ1) is 14.9. The summed E-state index contributed by atoms with van der Waals surface area (Å²) in [5.74, 6) is -0.672. The Balaban J connectivity index is 1.89. The summed E-state index contributed by atoms with van der Waals surface area (Å²) < 4.78 is 14.8. The second kappa shape index (κ2) is 10.4. The Kier molecular flexibility index (Phi) is 7.66. The molecule has 3 rings (SSSR count). The van der Waals surface area contributed by atoms with Crippen LogP contribution < -0.4 is 10.5 Å². The van der Waals surface area contributed by atoms with Crippen molar-refractivity contribution >= 4 is 45.9 Å². The fourth-order valence-corrected chi connectivity index (χ4v) is 4.16. The summed E-state index contributed by atoms with van der Waals surface area (Å²) in [4.78, 5) is 31.9. The van der Waals surface area contributed by atoms with E-state index in [0.717, 1.165) is 18.2 Å². The molecule has 0 aliphatic heterocycles. The molecule has 0 aliphatic carbocycles. The van der Waals surface area contributed by atoms with Crippen LogP contribution in [0, 0.1) is 17.1 Å². The Labute approximate surface area is 188 Å². The number of rotatable bonds is 8. The zero-order chi connectivity index (χ0) is 22.4. The van der Waals surface area contributed by atoms with Crippen molar-refractivity contribution in [1.82, 2.24) is 9.55 Å². The highest BCUT2D eigenvalue weighted by Gasteiger charge is 2.18. The summed E-state index contributed by atoms with van der Waals surface area (Å²) >= 11 is 7.20. The van der Waals surface area contributed by atoms with Gasteiger partial charge >= 0.3 is 0 Å². The molecule has 1 heterocycles. The lowest BCUT2D eigenvalue weighted by molar-refractivity contribution is -0.116. The minimum atomic E-state index is -0.409. The van der Waals surface area contributed by atoms with Gasteiger partial charge in [0.25, 0.3) is 5.56 Å². The maximum atomic E-state index is 13.3. The molecule has 1 aromatic heterocycles. The second-order valence-electron chi connectivity index (χ2n) is 6.73. The van der Waals surface area contributed by atoms with Crippen LogP contribution in [0.25, 0.3) is 10.9 Å². The lowest BCUT2D eigenvalue weighted by atomic mass is 10.2. The van der Waals surface area contributed by atoms with Crippen LogP contribution in [0.15, 0.2) is 52.4 Å². The van der Waals surface area contributed by atoms with E-state index >= 15 is 0 Å². The van der Waals surface area contributed by atoms with Gasteiger partial charge in [0.1, 0.15) is 5.82 Å². The maximum Gasteiger partial charge on any atom is 0.262 e. The third kappa shape index (κ3) is 5.43. The molecule has 9 heteroatoms. The molecule has 0 bridgehead atoms. The normalized spacial score (nSPS) is 10.8. The monoisotopic (exact) mass is 458 g/mol. The molecule has 6 nitrogen and oxygen atoms in total. The topological polar surface area (TPSA) is 79.0 Å².